The SMILES string of the molecule is C=CCCNC(=O)c1cc(S(C)(=O)=O)ccc1C. The van der Waals surface area contributed by atoms with Crippen LogP contribution in [0.3, 0.4) is 0 Å². The highest BCUT2D eigenvalue weighted by Gasteiger charge is 2.13. The summed E-state index contributed by atoms with van der Waals surface area (Å²) in [5.41, 5.74) is 1.14. The Kier molecular flexibility index (Phi) is 4.67. The molecule has 0 radical (unpaired) electrons. The lowest BCUT2D eigenvalue weighted by Gasteiger charge is -2.08. The lowest BCUT2D eigenvalue weighted by molar-refractivity contribution is 0.0953. The van der Waals surface area contributed by atoms with E-state index in [0.717, 1.165) is 11.8 Å². The summed E-state index contributed by atoms with van der Waals surface area (Å²) in [6, 6.07) is 4.55. The van der Waals surface area contributed by atoms with Crippen LogP contribution in [0.4, 0.5) is 0 Å². The second-order valence-corrected chi connectivity index (χ2v) is 6.10. The maximum absolute atomic E-state index is 11.9. The standard InChI is InChI=1S/C13H17NO3S/c1-4-5-8-14-13(15)12-9-11(18(3,16)17)7-6-10(12)2/h4,6-7,9H,1,5,8H2,2-3H3,(H,14,15). The van der Waals surface area contributed by atoms with Crippen molar-refractivity contribution < 1.29 is 13.2 Å². The Morgan fingerprint density at radius 1 is 1.44 bits per heavy atom. The molecule has 0 aliphatic heterocycles. The molecule has 1 rings (SSSR count). The average molecular weight is 267 g/mol. The van der Waals surface area contributed by atoms with E-state index in [1.54, 1.807) is 19.1 Å². The molecule has 1 aromatic carbocycles. The topological polar surface area (TPSA) is 63.2 Å². The van der Waals surface area contributed by atoms with Gasteiger partial charge in [-0.25, -0.2) is 8.42 Å². The van der Waals surface area contributed by atoms with E-state index in [-0.39, 0.29) is 10.8 Å². The van der Waals surface area contributed by atoms with Gasteiger partial charge in [0.25, 0.3) is 5.91 Å². The molecule has 0 fully saturated rings. The van der Waals surface area contributed by atoms with Crippen molar-refractivity contribution in [3.8, 4) is 0 Å². The molecule has 0 unspecified atom stereocenters. The molecule has 5 heteroatoms. The second kappa shape index (κ2) is 5.82. The molecule has 0 heterocycles. The molecule has 18 heavy (non-hydrogen) atoms. The largest absolute Gasteiger partial charge is 0.352 e. The molecule has 0 spiro atoms. The fourth-order valence-corrected chi connectivity index (χ4v) is 2.11. The number of rotatable bonds is 5. The maximum Gasteiger partial charge on any atom is 0.251 e. The Balaban J connectivity index is 3.01. The number of nitrogens with one attached hydrogen (secondary N) is 1. The summed E-state index contributed by atoms with van der Waals surface area (Å²) in [6.07, 6.45) is 3.51. The van der Waals surface area contributed by atoms with E-state index in [1.807, 2.05) is 0 Å². The third-order valence-electron chi connectivity index (χ3n) is 2.52. The summed E-state index contributed by atoms with van der Waals surface area (Å²) in [7, 11) is -3.30. The molecule has 0 saturated carbocycles. The van der Waals surface area contributed by atoms with Crippen LogP contribution in [-0.2, 0) is 9.84 Å². The lowest BCUT2D eigenvalue weighted by atomic mass is 10.1. The Labute approximate surface area is 108 Å². The second-order valence-electron chi connectivity index (χ2n) is 4.08. The van der Waals surface area contributed by atoms with Crippen molar-refractivity contribution in [1.82, 2.24) is 5.32 Å². The van der Waals surface area contributed by atoms with Crippen LogP contribution in [0.25, 0.3) is 0 Å². The van der Waals surface area contributed by atoms with Crippen molar-refractivity contribution in [2.45, 2.75) is 18.2 Å². The van der Waals surface area contributed by atoms with Gasteiger partial charge in [-0.3, -0.25) is 4.79 Å². The van der Waals surface area contributed by atoms with E-state index in [1.165, 1.54) is 12.1 Å². The molecular weight excluding hydrogens is 250 g/mol. The van der Waals surface area contributed by atoms with Gasteiger partial charge in [0, 0.05) is 18.4 Å². The predicted octanol–water partition coefficient (Wildman–Crippen LogP) is 1.70. The van der Waals surface area contributed by atoms with Crippen LogP contribution in [0.2, 0.25) is 0 Å². The normalized spacial score (nSPS) is 11.0. The van der Waals surface area contributed by atoms with Crippen LogP contribution in [0.15, 0.2) is 35.7 Å². The van der Waals surface area contributed by atoms with Crippen LogP contribution in [0.5, 0.6) is 0 Å². The highest BCUT2D eigenvalue weighted by atomic mass is 32.2. The summed E-state index contributed by atoms with van der Waals surface area (Å²) in [4.78, 5) is 12.0. The van der Waals surface area contributed by atoms with Crippen molar-refractivity contribution in [3.05, 3.63) is 42.0 Å². The van der Waals surface area contributed by atoms with E-state index >= 15 is 0 Å². The smallest absolute Gasteiger partial charge is 0.251 e. The van der Waals surface area contributed by atoms with Crippen LogP contribution in [0, 0.1) is 6.92 Å². The lowest BCUT2D eigenvalue weighted by Crippen LogP contribution is -2.25. The number of hydrogen-bond donors (Lipinski definition) is 1. The number of aryl methyl sites for hydroxylation is 1. The number of sulfone groups is 1. The molecule has 1 aromatic rings. The summed E-state index contributed by atoms with van der Waals surface area (Å²) in [6.45, 7) is 5.83. The van der Waals surface area contributed by atoms with Gasteiger partial charge in [-0.05, 0) is 31.0 Å². The molecule has 0 aromatic heterocycles. The van der Waals surface area contributed by atoms with Gasteiger partial charge in [0.1, 0.15) is 0 Å². The Hall–Kier alpha value is -1.62. The molecule has 98 valence electrons. The van der Waals surface area contributed by atoms with E-state index in [9.17, 15) is 13.2 Å². The molecule has 0 saturated heterocycles. The van der Waals surface area contributed by atoms with Gasteiger partial charge in [0.15, 0.2) is 9.84 Å². The van der Waals surface area contributed by atoms with Crippen LogP contribution < -0.4 is 5.32 Å². The Morgan fingerprint density at radius 3 is 2.67 bits per heavy atom. The number of carbonyl (C=O) groups excluding carboxylic acids is 1. The van der Waals surface area contributed by atoms with Crippen molar-refractivity contribution in [2.75, 3.05) is 12.8 Å². The van der Waals surface area contributed by atoms with Gasteiger partial charge >= 0.3 is 0 Å². The molecule has 1 amide bonds. The first-order valence-corrected chi connectivity index (χ1v) is 7.45. The zero-order chi connectivity index (χ0) is 13.8. The minimum Gasteiger partial charge on any atom is -0.352 e. The first kappa shape index (κ1) is 14.4. The van der Waals surface area contributed by atoms with E-state index in [4.69, 9.17) is 0 Å². The van der Waals surface area contributed by atoms with Gasteiger partial charge in [0.05, 0.1) is 4.90 Å². The van der Waals surface area contributed by atoms with E-state index in [2.05, 4.69) is 11.9 Å². The van der Waals surface area contributed by atoms with Gasteiger partial charge in [0.2, 0.25) is 0 Å². The van der Waals surface area contributed by atoms with Gasteiger partial charge in [-0.2, -0.15) is 0 Å². The molecule has 0 atom stereocenters. The summed E-state index contributed by atoms with van der Waals surface area (Å²) >= 11 is 0. The van der Waals surface area contributed by atoms with E-state index in [0.29, 0.717) is 18.5 Å². The van der Waals surface area contributed by atoms with Crippen LogP contribution >= 0.6 is 0 Å². The third kappa shape index (κ3) is 3.70. The maximum atomic E-state index is 11.9. The summed E-state index contributed by atoms with van der Waals surface area (Å²) in [5.74, 6) is -0.264. The van der Waals surface area contributed by atoms with Gasteiger partial charge < -0.3 is 5.32 Å². The highest BCUT2D eigenvalue weighted by Crippen LogP contribution is 2.15. The molecular formula is C13H17NO3S. The molecule has 1 N–H and O–H groups in total. The van der Waals surface area contributed by atoms with Gasteiger partial charge in [-0.15, -0.1) is 6.58 Å². The predicted molar refractivity (Wildman–Crippen MR) is 71.4 cm³/mol. The van der Waals surface area contributed by atoms with Crippen LogP contribution in [0.1, 0.15) is 22.3 Å². The number of hydrogen-bond acceptors (Lipinski definition) is 3. The molecule has 0 aliphatic carbocycles. The molecule has 4 nitrogen and oxygen atoms in total. The minimum atomic E-state index is -3.30. The van der Waals surface area contributed by atoms with Crippen molar-refractivity contribution in [3.63, 3.8) is 0 Å². The van der Waals surface area contributed by atoms with Gasteiger partial charge in [-0.1, -0.05) is 12.1 Å². The number of carbonyl (C=O) groups is 1. The first-order chi connectivity index (χ1) is 8.36. The zero-order valence-corrected chi connectivity index (χ0v) is 11.4. The average Bonchev–Trinajstić information content (AvgIpc) is 2.28. The Bertz CT molecular complexity index is 562. The van der Waals surface area contributed by atoms with Crippen molar-refractivity contribution in [2.24, 2.45) is 0 Å². The summed E-state index contributed by atoms with van der Waals surface area (Å²) < 4.78 is 22.9. The number of benzene rings is 1. The van der Waals surface area contributed by atoms with Crippen molar-refractivity contribution in [1.29, 1.82) is 0 Å². The monoisotopic (exact) mass is 267 g/mol. The zero-order valence-electron chi connectivity index (χ0n) is 10.6. The Morgan fingerprint density at radius 2 is 2.11 bits per heavy atom. The highest BCUT2D eigenvalue weighted by molar-refractivity contribution is 7.90. The fraction of sp³-hybridized carbons (Fsp3) is 0.308. The quantitative estimate of drug-likeness (QED) is 0.652. The van der Waals surface area contributed by atoms with Crippen LogP contribution in [-0.4, -0.2) is 27.1 Å². The molecule has 0 aliphatic rings. The summed E-state index contributed by atoms with van der Waals surface area (Å²) in [5, 5.41) is 2.71. The first-order valence-electron chi connectivity index (χ1n) is 5.56. The third-order valence-corrected chi connectivity index (χ3v) is 3.63. The fourth-order valence-electron chi connectivity index (χ4n) is 1.46. The van der Waals surface area contributed by atoms with Crippen molar-refractivity contribution >= 4 is 15.7 Å². The van der Waals surface area contributed by atoms with E-state index < -0.39 is 9.84 Å². The molecule has 0 bridgehead atoms. The number of amides is 1. The minimum absolute atomic E-state index is 0.155.